The minimum atomic E-state index is -0.413. The maximum absolute atomic E-state index is 14.6. The highest BCUT2D eigenvalue weighted by Crippen LogP contribution is 2.37. The Kier molecular flexibility index (Phi) is 8.83. The number of nitrogens with zero attached hydrogens (tertiary/aromatic N) is 4. The minimum absolute atomic E-state index is 0.0103. The van der Waals surface area contributed by atoms with Gasteiger partial charge < -0.3 is 18.8 Å². The van der Waals surface area contributed by atoms with Crippen molar-refractivity contribution in [2.45, 2.75) is 91.6 Å². The molecule has 2 aromatic heterocycles. The van der Waals surface area contributed by atoms with Gasteiger partial charge in [0.25, 0.3) is 5.91 Å². The first-order chi connectivity index (χ1) is 19.5. The number of fused-ring (bicyclic) bond motifs is 1. The van der Waals surface area contributed by atoms with Crippen LogP contribution in [-0.2, 0) is 9.47 Å². The van der Waals surface area contributed by atoms with Crippen molar-refractivity contribution in [1.82, 2.24) is 19.2 Å². The molecular weight excluding hydrogens is 519 g/mol. The fourth-order valence-electron chi connectivity index (χ4n) is 6.63. The number of hydrogen-bond acceptors (Lipinski definition) is 5. The predicted molar refractivity (Wildman–Crippen MR) is 160 cm³/mol. The first-order valence-electron chi connectivity index (χ1n) is 15.1. The van der Waals surface area contributed by atoms with Gasteiger partial charge in [-0.1, -0.05) is 19.9 Å². The molecule has 8 heteroatoms. The van der Waals surface area contributed by atoms with Crippen LogP contribution >= 0.6 is 0 Å². The molecule has 0 aliphatic carbocycles. The van der Waals surface area contributed by atoms with Gasteiger partial charge in [0.05, 0.1) is 30.5 Å². The van der Waals surface area contributed by atoms with Gasteiger partial charge in [-0.3, -0.25) is 9.69 Å². The standard InChI is InChI=1S/C33H45FN4O3/c1-20(2)30(10-11-32-40-12-13-41-32)36-17-25(18-36)24-14-28(31-16-35-23(7)37(31)19-24)27-9-8-26(34)15-29(27)33(39)38(21(3)4)22(5)6/h8-9,14-16,19-22,25,30,32H,10-13,17-18H2,1-7H3/t30-/m1/s1. The molecule has 1 aromatic carbocycles. The van der Waals surface area contributed by atoms with Crippen molar-refractivity contribution in [2.24, 2.45) is 5.92 Å². The third kappa shape index (κ3) is 6.06. The average Bonchev–Trinajstić information content (AvgIpc) is 3.54. The van der Waals surface area contributed by atoms with Gasteiger partial charge in [-0.25, -0.2) is 9.37 Å². The van der Waals surface area contributed by atoms with Crippen LogP contribution in [0.5, 0.6) is 0 Å². The maximum Gasteiger partial charge on any atom is 0.255 e. The summed E-state index contributed by atoms with van der Waals surface area (Å²) in [6.45, 7) is 17.9. The zero-order valence-electron chi connectivity index (χ0n) is 25.6. The number of aryl methyl sites for hydroxylation is 1. The minimum Gasteiger partial charge on any atom is -0.350 e. The summed E-state index contributed by atoms with van der Waals surface area (Å²) < 4.78 is 28.1. The van der Waals surface area contributed by atoms with Crippen LogP contribution in [0.4, 0.5) is 4.39 Å². The smallest absolute Gasteiger partial charge is 0.255 e. The van der Waals surface area contributed by atoms with Gasteiger partial charge in [-0.2, -0.15) is 0 Å². The third-order valence-electron chi connectivity index (χ3n) is 8.71. The summed E-state index contributed by atoms with van der Waals surface area (Å²) >= 11 is 0. The van der Waals surface area contributed by atoms with Crippen LogP contribution in [0.1, 0.15) is 82.0 Å². The highest BCUT2D eigenvalue weighted by Gasteiger charge is 2.36. The molecule has 3 aromatic rings. The molecule has 0 bridgehead atoms. The number of amides is 1. The van der Waals surface area contributed by atoms with Crippen LogP contribution in [0, 0.1) is 18.7 Å². The molecule has 0 unspecified atom stereocenters. The molecule has 222 valence electrons. The van der Waals surface area contributed by atoms with E-state index in [2.05, 4.69) is 40.4 Å². The highest BCUT2D eigenvalue weighted by atomic mass is 19.1. The van der Waals surface area contributed by atoms with E-state index in [0.717, 1.165) is 48.4 Å². The fraction of sp³-hybridized carbons (Fsp3) is 0.576. The van der Waals surface area contributed by atoms with Crippen molar-refractivity contribution >= 4 is 11.4 Å². The number of likely N-dealkylation sites (tertiary alicyclic amines) is 1. The Morgan fingerprint density at radius 2 is 1.73 bits per heavy atom. The zero-order chi connectivity index (χ0) is 29.4. The van der Waals surface area contributed by atoms with Crippen LogP contribution in [0.15, 0.2) is 36.7 Å². The second-order valence-electron chi connectivity index (χ2n) is 12.5. The molecule has 4 heterocycles. The summed E-state index contributed by atoms with van der Waals surface area (Å²) in [5, 5.41) is 0. The van der Waals surface area contributed by atoms with Crippen LogP contribution in [0.25, 0.3) is 16.6 Å². The largest absolute Gasteiger partial charge is 0.350 e. The van der Waals surface area contributed by atoms with Gasteiger partial charge in [-0.15, -0.1) is 0 Å². The predicted octanol–water partition coefficient (Wildman–Crippen LogP) is 6.28. The Balaban J connectivity index is 1.46. The zero-order valence-corrected chi connectivity index (χ0v) is 25.6. The van der Waals surface area contributed by atoms with E-state index in [0.29, 0.717) is 36.7 Å². The fourth-order valence-corrected chi connectivity index (χ4v) is 6.63. The number of aromatic nitrogens is 2. The highest BCUT2D eigenvalue weighted by molar-refractivity contribution is 6.03. The number of rotatable bonds is 10. The first-order valence-corrected chi connectivity index (χ1v) is 15.1. The average molecular weight is 565 g/mol. The molecule has 7 nitrogen and oxygen atoms in total. The summed E-state index contributed by atoms with van der Waals surface area (Å²) in [4.78, 5) is 22.8. The van der Waals surface area contributed by atoms with Crippen molar-refractivity contribution in [3.63, 3.8) is 0 Å². The lowest BCUT2D eigenvalue weighted by atomic mass is 9.85. The molecule has 2 aliphatic heterocycles. The molecular formula is C33H45FN4O3. The van der Waals surface area contributed by atoms with Crippen LogP contribution in [-0.4, -0.2) is 75.8 Å². The second kappa shape index (κ2) is 12.2. The third-order valence-corrected chi connectivity index (χ3v) is 8.71. The van der Waals surface area contributed by atoms with E-state index in [1.54, 1.807) is 6.07 Å². The van der Waals surface area contributed by atoms with Gasteiger partial charge in [-0.05, 0) is 82.7 Å². The Bertz CT molecular complexity index is 1360. The van der Waals surface area contributed by atoms with Gasteiger partial charge in [0.1, 0.15) is 11.6 Å². The molecule has 2 saturated heterocycles. The monoisotopic (exact) mass is 564 g/mol. The van der Waals surface area contributed by atoms with E-state index in [9.17, 15) is 9.18 Å². The number of carbonyl (C=O) groups excluding carboxylic acids is 1. The number of carbonyl (C=O) groups is 1. The number of benzene rings is 1. The summed E-state index contributed by atoms with van der Waals surface area (Å²) in [5.41, 5.74) is 4.16. The number of hydrogen-bond donors (Lipinski definition) is 0. The Morgan fingerprint density at radius 3 is 2.37 bits per heavy atom. The van der Waals surface area contributed by atoms with Gasteiger partial charge >= 0.3 is 0 Å². The maximum atomic E-state index is 14.6. The molecule has 1 amide bonds. The van der Waals surface area contributed by atoms with Crippen LogP contribution in [0.2, 0.25) is 0 Å². The van der Waals surface area contributed by atoms with Gasteiger partial charge in [0.2, 0.25) is 0 Å². The lowest BCUT2D eigenvalue weighted by molar-refractivity contribution is -0.0564. The summed E-state index contributed by atoms with van der Waals surface area (Å²) in [5.74, 6) is 1.21. The second-order valence-corrected chi connectivity index (χ2v) is 12.5. The Hall–Kier alpha value is -2.81. The lowest BCUT2D eigenvalue weighted by Crippen LogP contribution is -2.52. The van der Waals surface area contributed by atoms with Crippen LogP contribution in [0.3, 0.4) is 0 Å². The molecule has 41 heavy (non-hydrogen) atoms. The van der Waals surface area contributed by atoms with Gasteiger partial charge in [0.15, 0.2) is 6.29 Å². The number of ether oxygens (including phenoxy) is 2. The molecule has 0 radical (unpaired) electrons. The SMILES string of the molecule is Cc1ncc2c(-c3ccc(F)cc3C(=O)N(C(C)C)C(C)C)cc(C3CN([C@H](CCC4OCCO4)C(C)C)C3)cn12. The van der Waals surface area contributed by atoms with E-state index in [1.165, 1.54) is 17.7 Å². The number of halogens is 1. The van der Waals surface area contributed by atoms with E-state index in [-0.39, 0.29) is 24.3 Å². The Morgan fingerprint density at radius 1 is 1.05 bits per heavy atom. The van der Waals surface area contributed by atoms with Crippen molar-refractivity contribution < 1.29 is 18.7 Å². The number of imidazole rings is 1. The van der Waals surface area contributed by atoms with Crippen molar-refractivity contribution in [3.05, 3.63) is 59.4 Å². The molecule has 1 atom stereocenters. The summed E-state index contributed by atoms with van der Waals surface area (Å²) in [7, 11) is 0. The van der Waals surface area contributed by atoms with Crippen LogP contribution < -0.4 is 0 Å². The van der Waals surface area contributed by atoms with Crippen molar-refractivity contribution in [3.8, 4) is 11.1 Å². The van der Waals surface area contributed by atoms with E-state index < -0.39 is 5.82 Å². The molecule has 5 rings (SSSR count). The van der Waals surface area contributed by atoms with E-state index >= 15 is 0 Å². The molecule has 0 spiro atoms. The number of pyridine rings is 1. The Labute approximate surface area is 243 Å². The first kappa shape index (κ1) is 29.7. The molecule has 0 saturated carbocycles. The summed E-state index contributed by atoms with van der Waals surface area (Å²) in [6.07, 6.45) is 5.93. The lowest BCUT2D eigenvalue weighted by Gasteiger charge is -2.46. The quantitative estimate of drug-likeness (QED) is 0.290. The van der Waals surface area contributed by atoms with Crippen molar-refractivity contribution in [1.29, 1.82) is 0 Å². The van der Waals surface area contributed by atoms with Crippen molar-refractivity contribution in [2.75, 3.05) is 26.3 Å². The molecule has 2 aliphatic rings. The topological polar surface area (TPSA) is 59.3 Å². The summed E-state index contributed by atoms with van der Waals surface area (Å²) in [6, 6.07) is 7.23. The van der Waals surface area contributed by atoms with E-state index in [1.807, 2.05) is 45.7 Å². The molecule has 2 fully saturated rings. The van der Waals surface area contributed by atoms with Gasteiger partial charge in [0, 0.05) is 48.9 Å². The van der Waals surface area contributed by atoms with E-state index in [4.69, 9.17) is 9.47 Å². The molecule has 0 N–H and O–H groups in total. The normalized spacial score (nSPS) is 17.7.